The predicted octanol–water partition coefficient (Wildman–Crippen LogP) is 3.17. The van der Waals surface area contributed by atoms with Crippen molar-refractivity contribution in [2.45, 2.75) is 0 Å². The van der Waals surface area contributed by atoms with Crippen LogP contribution in [0.1, 0.15) is 0 Å². The minimum atomic E-state index is 0.351. The molecule has 0 fully saturated rings. The van der Waals surface area contributed by atoms with Crippen molar-refractivity contribution in [3.8, 4) is 23.1 Å². The van der Waals surface area contributed by atoms with Gasteiger partial charge in [-0.15, -0.1) is 0 Å². The number of nitrogens with one attached hydrogen (secondary N) is 1. The van der Waals surface area contributed by atoms with E-state index in [1.54, 1.807) is 50.3 Å². The molecule has 0 aliphatic rings. The second-order valence-corrected chi connectivity index (χ2v) is 6.07. The van der Waals surface area contributed by atoms with E-state index in [4.69, 9.17) is 19.9 Å². The first-order valence-electron chi connectivity index (χ1n) is 8.78. The zero-order valence-electron chi connectivity index (χ0n) is 16.2. The summed E-state index contributed by atoms with van der Waals surface area (Å²) in [5.74, 6) is 2.89. The molecule has 0 spiro atoms. The molecule has 2 aromatic carbocycles. The summed E-state index contributed by atoms with van der Waals surface area (Å²) in [4.78, 5) is 13.3. The zero-order valence-corrected chi connectivity index (χ0v) is 16.2. The third-order valence-electron chi connectivity index (χ3n) is 4.38. The van der Waals surface area contributed by atoms with Gasteiger partial charge < -0.3 is 25.3 Å². The first-order valence-corrected chi connectivity index (χ1v) is 8.78. The van der Waals surface area contributed by atoms with Gasteiger partial charge in [-0.3, -0.25) is 4.57 Å². The molecule has 3 N–H and O–H groups in total. The zero-order chi connectivity index (χ0) is 20.4. The molecule has 0 aliphatic heterocycles. The van der Waals surface area contributed by atoms with Gasteiger partial charge in [-0.2, -0.15) is 4.98 Å². The Hall–Kier alpha value is -4.01. The van der Waals surface area contributed by atoms with Crippen molar-refractivity contribution in [2.24, 2.45) is 0 Å². The molecule has 0 bridgehead atoms. The third-order valence-corrected chi connectivity index (χ3v) is 4.38. The lowest BCUT2D eigenvalue weighted by atomic mass is 10.2. The van der Waals surface area contributed by atoms with Crippen LogP contribution in [0.25, 0.3) is 16.9 Å². The van der Waals surface area contributed by atoms with Crippen LogP contribution in [0.5, 0.6) is 17.2 Å². The number of imidazole rings is 1. The van der Waals surface area contributed by atoms with E-state index in [-0.39, 0.29) is 0 Å². The molecule has 0 amide bonds. The van der Waals surface area contributed by atoms with E-state index < -0.39 is 0 Å². The number of rotatable bonds is 6. The van der Waals surface area contributed by atoms with Crippen molar-refractivity contribution in [1.29, 1.82) is 0 Å². The second kappa shape index (κ2) is 7.55. The Bertz CT molecular complexity index is 1150. The molecule has 9 heteroatoms. The highest BCUT2D eigenvalue weighted by Crippen LogP contribution is 2.40. The highest BCUT2D eigenvalue weighted by molar-refractivity contribution is 5.80. The second-order valence-electron chi connectivity index (χ2n) is 6.07. The van der Waals surface area contributed by atoms with Crippen molar-refractivity contribution < 1.29 is 14.2 Å². The highest BCUT2D eigenvalue weighted by Gasteiger charge is 2.15. The molecular weight excluding hydrogens is 372 g/mol. The summed E-state index contributed by atoms with van der Waals surface area (Å²) in [7, 11) is 4.68. The lowest BCUT2D eigenvalue weighted by molar-refractivity contribution is 0.324. The molecule has 0 unspecified atom stereocenters. The largest absolute Gasteiger partial charge is 0.493 e. The standard InChI is InChI=1S/C20H20N6O3/c1-27-15-10-12(11-16(28-2)18(15)29-3)23-20-22-9-8-17(25-20)26-14-7-5-4-6-13(14)24-19(26)21/h4-11H,1-3H3,(H2,21,24)(H,22,23,25). The Morgan fingerprint density at radius 1 is 0.931 bits per heavy atom. The molecule has 0 saturated carbocycles. The summed E-state index contributed by atoms with van der Waals surface area (Å²) in [6.07, 6.45) is 1.65. The molecule has 2 aromatic heterocycles. The summed E-state index contributed by atoms with van der Waals surface area (Å²) in [6.45, 7) is 0. The number of methoxy groups -OCH3 is 3. The van der Waals surface area contributed by atoms with E-state index in [1.807, 2.05) is 24.3 Å². The van der Waals surface area contributed by atoms with Crippen LogP contribution in [-0.2, 0) is 0 Å². The number of para-hydroxylation sites is 2. The van der Waals surface area contributed by atoms with Crippen molar-refractivity contribution in [2.75, 3.05) is 32.4 Å². The first-order chi connectivity index (χ1) is 14.1. The SMILES string of the molecule is COc1cc(Nc2nccc(-n3c(N)nc4ccccc43)n2)cc(OC)c1OC. The van der Waals surface area contributed by atoms with Crippen LogP contribution < -0.4 is 25.3 Å². The average Bonchev–Trinajstić information content (AvgIpc) is 3.08. The number of hydrogen-bond acceptors (Lipinski definition) is 8. The van der Waals surface area contributed by atoms with Crippen molar-refractivity contribution in [3.05, 3.63) is 48.7 Å². The maximum atomic E-state index is 6.12. The fourth-order valence-electron chi connectivity index (χ4n) is 3.10. The van der Waals surface area contributed by atoms with Gasteiger partial charge in [0.2, 0.25) is 17.6 Å². The van der Waals surface area contributed by atoms with E-state index in [1.165, 1.54) is 0 Å². The number of hydrogen-bond donors (Lipinski definition) is 2. The molecule has 4 aromatic rings. The van der Waals surface area contributed by atoms with Crippen molar-refractivity contribution in [1.82, 2.24) is 19.5 Å². The van der Waals surface area contributed by atoms with Gasteiger partial charge in [0.15, 0.2) is 11.5 Å². The smallest absolute Gasteiger partial charge is 0.229 e. The van der Waals surface area contributed by atoms with Gasteiger partial charge in [-0.1, -0.05) is 12.1 Å². The Morgan fingerprint density at radius 3 is 2.34 bits per heavy atom. The van der Waals surface area contributed by atoms with Gasteiger partial charge in [-0.25, -0.2) is 9.97 Å². The molecule has 9 nitrogen and oxygen atoms in total. The van der Waals surface area contributed by atoms with Crippen molar-refractivity contribution in [3.63, 3.8) is 0 Å². The fourth-order valence-corrected chi connectivity index (χ4v) is 3.10. The molecule has 0 radical (unpaired) electrons. The quantitative estimate of drug-likeness (QED) is 0.515. The number of benzene rings is 2. The maximum absolute atomic E-state index is 6.12. The summed E-state index contributed by atoms with van der Waals surface area (Å²) in [5.41, 5.74) is 8.46. The average molecular weight is 392 g/mol. The molecule has 29 heavy (non-hydrogen) atoms. The third kappa shape index (κ3) is 3.33. The molecule has 148 valence electrons. The molecule has 2 heterocycles. The molecule has 0 saturated heterocycles. The molecule has 0 atom stereocenters. The van der Waals surface area contributed by atoms with Crippen LogP contribution >= 0.6 is 0 Å². The lowest BCUT2D eigenvalue weighted by Crippen LogP contribution is -2.06. The summed E-state index contributed by atoms with van der Waals surface area (Å²) in [6, 6.07) is 13.0. The van der Waals surface area contributed by atoms with Crippen LogP contribution in [0.3, 0.4) is 0 Å². The van der Waals surface area contributed by atoms with E-state index in [0.717, 1.165) is 11.0 Å². The van der Waals surface area contributed by atoms with Gasteiger partial charge >= 0.3 is 0 Å². The number of nitrogens with two attached hydrogens (primary N) is 1. The van der Waals surface area contributed by atoms with Gasteiger partial charge in [0.05, 0.1) is 32.4 Å². The van der Waals surface area contributed by atoms with Crippen LogP contribution in [0, 0.1) is 0 Å². The Kier molecular flexibility index (Phi) is 4.78. The van der Waals surface area contributed by atoms with Crippen molar-refractivity contribution >= 4 is 28.6 Å². The predicted molar refractivity (Wildman–Crippen MR) is 110 cm³/mol. The number of nitrogen functional groups attached to an aromatic ring is 1. The monoisotopic (exact) mass is 392 g/mol. The number of nitrogens with zero attached hydrogens (tertiary/aromatic N) is 4. The summed E-state index contributed by atoms with van der Waals surface area (Å²) in [5, 5.41) is 3.16. The number of aromatic nitrogens is 4. The molecular formula is C20H20N6O3. The van der Waals surface area contributed by atoms with Crippen LogP contribution in [-0.4, -0.2) is 40.8 Å². The van der Waals surface area contributed by atoms with Gasteiger partial charge in [0.25, 0.3) is 0 Å². The normalized spacial score (nSPS) is 10.7. The first kappa shape index (κ1) is 18.4. The summed E-state index contributed by atoms with van der Waals surface area (Å²) < 4.78 is 17.9. The summed E-state index contributed by atoms with van der Waals surface area (Å²) >= 11 is 0. The van der Waals surface area contributed by atoms with Gasteiger partial charge in [0, 0.05) is 30.1 Å². The molecule has 4 rings (SSSR count). The van der Waals surface area contributed by atoms with E-state index in [2.05, 4.69) is 20.3 Å². The maximum Gasteiger partial charge on any atom is 0.229 e. The highest BCUT2D eigenvalue weighted by atomic mass is 16.5. The minimum Gasteiger partial charge on any atom is -0.493 e. The Morgan fingerprint density at radius 2 is 1.66 bits per heavy atom. The molecule has 0 aliphatic carbocycles. The van der Waals surface area contributed by atoms with Crippen LogP contribution in [0.15, 0.2) is 48.7 Å². The van der Waals surface area contributed by atoms with Crippen LogP contribution in [0.4, 0.5) is 17.6 Å². The number of ether oxygens (including phenoxy) is 3. The fraction of sp³-hybridized carbons (Fsp3) is 0.150. The van der Waals surface area contributed by atoms with E-state index >= 15 is 0 Å². The number of anilines is 3. The van der Waals surface area contributed by atoms with Gasteiger partial charge in [0.1, 0.15) is 5.82 Å². The Labute approximate surface area is 167 Å². The van der Waals surface area contributed by atoms with Crippen LogP contribution in [0.2, 0.25) is 0 Å². The van der Waals surface area contributed by atoms with E-state index in [9.17, 15) is 0 Å². The van der Waals surface area contributed by atoms with Gasteiger partial charge in [-0.05, 0) is 12.1 Å². The number of fused-ring (bicyclic) bond motifs is 1. The lowest BCUT2D eigenvalue weighted by Gasteiger charge is -2.15. The Balaban J connectivity index is 1.73. The minimum absolute atomic E-state index is 0.351. The van der Waals surface area contributed by atoms with E-state index in [0.29, 0.717) is 40.7 Å². The topological polar surface area (TPSA) is 109 Å².